The molecule has 0 aromatic heterocycles. The lowest BCUT2D eigenvalue weighted by Gasteiger charge is -2.34. The van der Waals surface area contributed by atoms with Crippen LogP contribution < -0.4 is 11.5 Å². The number of ether oxygens (including phenoxy) is 3. The highest BCUT2D eigenvalue weighted by Crippen LogP contribution is 2.36. The Bertz CT molecular complexity index is 483. The minimum absolute atomic E-state index is 0.278. The molecule has 6 nitrogen and oxygen atoms in total. The average Bonchev–Trinajstić information content (AvgIpc) is 2.87. The number of nitrogens with two attached hydrogens (primary N) is 2. The Morgan fingerprint density at radius 2 is 1.90 bits per heavy atom. The first kappa shape index (κ1) is 15.8. The maximum atomic E-state index is 12.3. The molecular formula is C15H22N2O4. The number of carbonyl (C=O) groups is 1. The van der Waals surface area contributed by atoms with Crippen LogP contribution in [-0.4, -0.2) is 31.6 Å². The Labute approximate surface area is 124 Å². The van der Waals surface area contributed by atoms with Gasteiger partial charge in [0, 0.05) is 11.7 Å². The van der Waals surface area contributed by atoms with Crippen molar-refractivity contribution in [2.24, 2.45) is 11.7 Å². The van der Waals surface area contributed by atoms with E-state index in [1.54, 1.807) is 38.1 Å². The van der Waals surface area contributed by atoms with E-state index in [9.17, 15) is 4.79 Å². The minimum Gasteiger partial charge on any atom is -0.466 e. The quantitative estimate of drug-likeness (QED) is 0.626. The van der Waals surface area contributed by atoms with Crippen molar-refractivity contribution in [1.29, 1.82) is 0 Å². The molecule has 1 aromatic carbocycles. The molecule has 2 atom stereocenters. The second-order valence-corrected chi connectivity index (χ2v) is 5.14. The van der Waals surface area contributed by atoms with Crippen LogP contribution in [0.4, 0.5) is 5.69 Å². The van der Waals surface area contributed by atoms with Crippen LogP contribution in [0.2, 0.25) is 0 Å². The van der Waals surface area contributed by atoms with Crippen molar-refractivity contribution in [3.05, 3.63) is 29.8 Å². The van der Waals surface area contributed by atoms with Crippen molar-refractivity contribution in [3.8, 4) is 0 Å². The fourth-order valence-electron chi connectivity index (χ4n) is 2.54. The Balaban J connectivity index is 2.29. The molecule has 1 aromatic rings. The second kappa shape index (κ2) is 6.43. The van der Waals surface area contributed by atoms with Gasteiger partial charge in [-0.2, -0.15) is 0 Å². The molecule has 0 saturated carbocycles. The zero-order valence-electron chi connectivity index (χ0n) is 12.4. The molecule has 1 aliphatic rings. The van der Waals surface area contributed by atoms with E-state index in [-0.39, 0.29) is 6.61 Å². The van der Waals surface area contributed by atoms with Crippen LogP contribution in [0.3, 0.4) is 0 Å². The Kier molecular flexibility index (Phi) is 4.82. The molecule has 1 aliphatic heterocycles. The van der Waals surface area contributed by atoms with Gasteiger partial charge in [0.25, 0.3) is 0 Å². The molecule has 21 heavy (non-hydrogen) atoms. The highest BCUT2D eigenvalue weighted by Gasteiger charge is 2.48. The average molecular weight is 294 g/mol. The summed E-state index contributed by atoms with van der Waals surface area (Å²) < 4.78 is 16.4. The van der Waals surface area contributed by atoms with Crippen molar-refractivity contribution in [1.82, 2.24) is 0 Å². The summed E-state index contributed by atoms with van der Waals surface area (Å²) in [7, 11) is 0. The lowest BCUT2D eigenvalue weighted by atomic mass is 9.87. The fraction of sp³-hybridized carbons (Fsp3) is 0.533. The van der Waals surface area contributed by atoms with E-state index in [4.69, 9.17) is 25.7 Å². The number of anilines is 1. The van der Waals surface area contributed by atoms with Crippen molar-refractivity contribution < 1.29 is 19.0 Å². The topological polar surface area (TPSA) is 96.8 Å². The molecule has 1 fully saturated rings. The van der Waals surface area contributed by atoms with Gasteiger partial charge in [0.1, 0.15) is 5.92 Å². The Hall–Kier alpha value is -1.63. The number of carbonyl (C=O) groups excluding carboxylic acids is 1. The largest absolute Gasteiger partial charge is 0.466 e. The first-order chi connectivity index (χ1) is 9.98. The van der Waals surface area contributed by atoms with E-state index < -0.39 is 23.7 Å². The highest BCUT2D eigenvalue weighted by molar-refractivity contribution is 5.75. The van der Waals surface area contributed by atoms with Gasteiger partial charge in [0.15, 0.2) is 5.79 Å². The van der Waals surface area contributed by atoms with Crippen LogP contribution in [-0.2, 0) is 19.0 Å². The smallest absolute Gasteiger partial charge is 0.316 e. The monoisotopic (exact) mass is 294 g/mol. The molecule has 2 rings (SSSR count). The van der Waals surface area contributed by atoms with Crippen LogP contribution in [0.25, 0.3) is 0 Å². The number of rotatable bonds is 5. The van der Waals surface area contributed by atoms with Crippen LogP contribution in [0.5, 0.6) is 0 Å². The number of benzene rings is 1. The van der Waals surface area contributed by atoms with Gasteiger partial charge in [-0.1, -0.05) is 12.1 Å². The van der Waals surface area contributed by atoms with Crippen LogP contribution in [0.15, 0.2) is 24.3 Å². The lowest BCUT2D eigenvalue weighted by molar-refractivity contribution is -0.204. The summed E-state index contributed by atoms with van der Waals surface area (Å²) in [6, 6.07) is 6.48. The van der Waals surface area contributed by atoms with Crippen molar-refractivity contribution >= 4 is 11.7 Å². The second-order valence-electron chi connectivity index (χ2n) is 5.14. The molecule has 0 bridgehead atoms. The van der Waals surface area contributed by atoms with E-state index in [1.807, 2.05) is 0 Å². The van der Waals surface area contributed by atoms with E-state index in [1.165, 1.54) is 0 Å². The van der Waals surface area contributed by atoms with Gasteiger partial charge in [0.05, 0.1) is 19.8 Å². The molecule has 1 heterocycles. The summed E-state index contributed by atoms with van der Waals surface area (Å²) in [5.41, 5.74) is 13.4. The summed E-state index contributed by atoms with van der Waals surface area (Å²) in [5, 5.41) is 0. The lowest BCUT2D eigenvalue weighted by Crippen LogP contribution is -2.47. The van der Waals surface area contributed by atoms with Gasteiger partial charge < -0.3 is 25.7 Å². The van der Waals surface area contributed by atoms with Gasteiger partial charge in [-0.15, -0.1) is 0 Å². The van der Waals surface area contributed by atoms with Crippen LogP contribution in [0.1, 0.15) is 25.5 Å². The third-order valence-electron chi connectivity index (χ3n) is 3.65. The first-order valence-electron chi connectivity index (χ1n) is 7.03. The Morgan fingerprint density at radius 1 is 1.33 bits per heavy atom. The van der Waals surface area contributed by atoms with Crippen LogP contribution in [0, 0.1) is 5.92 Å². The molecule has 2 unspecified atom stereocenters. The maximum Gasteiger partial charge on any atom is 0.316 e. The zero-order chi connectivity index (χ0) is 15.5. The summed E-state index contributed by atoms with van der Waals surface area (Å²) in [4.78, 5) is 12.3. The Morgan fingerprint density at radius 3 is 2.43 bits per heavy atom. The van der Waals surface area contributed by atoms with E-state index in [2.05, 4.69) is 0 Å². The molecule has 6 heteroatoms. The van der Waals surface area contributed by atoms with Crippen LogP contribution >= 0.6 is 0 Å². The van der Waals surface area contributed by atoms with Gasteiger partial charge >= 0.3 is 5.97 Å². The third kappa shape index (κ3) is 3.34. The number of hydrogen-bond donors (Lipinski definition) is 2. The predicted molar refractivity (Wildman–Crippen MR) is 78.2 cm³/mol. The molecule has 0 aliphatic carbocycles. The summed E-state index contributed by atoms with van der Waals surface area (Å²) in [6.45, 7) is 4.61. The molecular weight excluding hydrogens is 272 g/mol. The van der Waals surface area contributed by atoms with Gasteiger partial charge in [-0.25, -0.2) is 0 Å². The molecule has 4 N–H and O–H groups in total. The predicted octanol–water partition coefficient (Wildman–Crippen LogP) is 1.21. The first-order valence-corrected chi connectivity index (χ1v) is 7.03. The zero-order valence-corrected chi connectivity index (χ0v) is 12.4. The molecule has 116 valence electrons. The van der Waals surface area contributed by atoms with Gasteiger partial charge in [0.2, 0.25) is 0 Å². The van der Waals surface area contributed by atoms with Crippen molar-refractivity contribution in [2.75, 3.05) is 25.6 Å². The minimum atomic E-state index is -1.08. The summed E-state index contributed by atoms with van der Waals surface area (Å²) in [5.74, 6) is -2.25. The summed E-state index contributed by atoms with van der Waals surface area (Å²) in [6.07, 6.45) is 0. The highest BCUT2D eigenvalue weighted by atomic mass is 16.7. The molecule has 0 amide bonds. The number of esters is 1. The number of nitrogen functional groups attached to an aromatic ring is 1. The van der Waals surface area contributed by atoms with Gasteiger partial charge in [-0.3, -0.25) is 4.79 Å². The van der Waals surface area contributed by atoms with Gasteiger partial charge in [-0.05, 0) is 31.5 Å². The SMILES string of the molecule is CCOC(=O)C(C(N)c1ccc(N)cc1)C1(C)OCCO1. The van der Waals surface area contributed by atoms with E-state index in [0.29, 0.717) is 18.9 Å². The standard InChI is InChI=1S/C15H22N2O4/c1-3-19-14(18)12(15(2)20-8-9-21-15)13(17)10-4-6-11(16)7-5-10/h4-7,12-13H,3,8-9,16-17H2,1-2H3. The number of hydrogen-bond acceptors (Lipinski definition) is 6. The maximum absolute atomic E-state index is 12.3. The normalized spacial score (nSPS) is 20.0. The molecule has 0 spiro atoms. The molecule has 1 saturated heterocycles. The van der Waals surface area contributed by atoms with E-state index in [0.717, 1.165) is 5.56 Å². The van der Waals surface area contributed by atoms with Crippen molar-refractivity contribution in [3.63, 3.8) is 0 Å². The van der Waals surface area contributed by atoms with Crippen molar-refractivity contribution in [2.45, 2.75) is 25.7 Å². The fourth-order valence-corrected chi connectivity index (χ4v) is 2.54. The molecule has 0 radical (unpaired) electrons. The van der Waals surface area contributed by atoms with E-state index >= 15 is 0 Å². The summed E-state index contributed by atoms with van der Waals surface area (Å²) >= 11 is 0. The third-order valence-corrected chi connectivity index (χ3v) is 3.65.